The second-order valence-corrected chi connectivity index (χ2v) is 16.3. The maximum Gasteiger partial charge on any atom is 0.165 e. The molecule has 0 bridgehead atoms. The van der Waals surface area contributed by atoms with Gasteiger partial charge in [-0.2, -0.15) is 0 Å². The summed E-state index contributed by atoms with van der Waals surface area (Å²) in [5.74, 6) is 3.12. The molecule has 0 aliphatic carbocycles. The number of fused-ring (bicyclic) bond motifs is 7. The zero-order valence-electron chi connectivity index (χ0n) is 30.6. The zero-order chi connectivity index (χ0) is 38.2. The van der Waals surface area contributed by atoms with E-state index in [4.69, 9.17) is 29.9 Å². The molecule has 0 aliphatic heterocycles. The van der Waals surface area contributed by atoms with E-state index in [0.29, 0.717) is 0 Å². The summed E-state index contributed by atoms with van der Waals surface area (Å²) in [6.07, 6.45) is 7.01. The Morgan fingerprint density at radius 3 is 1.66 bits per heavy atom. The third-order valence-corrected chi connectivity index (χ3v) is 13.1. The van der Waals surface area contributed by atoms with E-state index >= 15 is 0 Å². The summed E-state index contributed by atoms with van der Waals surface area (Å²) in [4.78, 5) is 30.1. The molecule has 0 aliphatic rings. The lowest BCUT2D eigenvalue weighted by Gasteiger charge is -2.13. The quantitative estimate of drug-likeness (QED) is 0.167. The Balaban J connectivity index is 1.07. The van der Waals surface area contributed by atoms with Crippen molar-refractivity contribution in [2.24, 2.45) is 0 Å². The van der Waals surface area contributed by atoms with Crippen molar-refractivity contribution in [1.29, 1.82) is 0 Å². The molecule has 0 saturated heterocycles. The van der Waals surface area contributed by atoms with Crippen LogP contribution in [0, 0.1) is 0 Å². The Labute approximate surface area is 339 Å². The van der Waals surface area contributed by atoms with Crippen LogP contribution in [0.1, 0.15) is 0 Å². The molecule has 0 N–H and O–H groups in total. The molecule has 10 heteroatoms. The van der Waals surface area contributed by atoms with Gasteiger partial charge in [0.15, 0.2) is 11.6 Å². The average molecular weight is 781 g/mol. The van der Waals surface area contributed by atoms with Crippen LogP contribution in [-0.4, -0.2) is 39.0 Å². The van der Waals surface area contributed by atoms with Gasteiger partial charge in [0.1, 0.15) is 23.0 Å². The Hall–Kier alpha value is -7.40. The minimum absolute atomic E-state index is 0.736. The van der Waals surface area contributed by atoms with Gasteiger partial charge >= 0.3 is 0 Å². The Bertz CT molecular complexity index is 3520. The molecule has 58 heavy (non-hydrogen) atoms. The highest BCUT2D eigenvalue weighted by Crippen LogP contribution is 2.48. The summed E-state index contributed by atoms with van der Waals surface area (Å²) in [5, 5.41) is 3.62. The first-order chi connectivity index (χ1) is 28.8. The normalized spacial score (nSPS) is 11.8. The molecule has 6 aromatic heterocycles. The lowest BCUT2D eigenvalue weighted by Crippen LogP contribution is -2.04. The van der Waals surface area contributed by atoms with Crippen LogP contribution in [-0.2, 0) is 0 Å². The highest BCUT2D eigenvalue weighted by atomic mass is 32.2. The molecule has 6 aromatic carbocycles. The number of benzene rings is 6. The Morgan fingerprint density at radius 1 is 0.431 bits per heavy atom. The highest BCUT2D eigenvalue weighted by Gasteiger charge is 2.24. The number of para-hydroxylation sites is 4. The first-order valence-corrected chi connectivity index (χ1v) is 20.5. The standard InChI is InChI=1S/C48H28N8S2/c1-3-12-29(13-4-1)41-46(51-26-24-49-41)55-37-20-9-7-18-35(37)53-44(55)31-22-23-39-34(28-31)40-32-16-11-17-33(43(32)58-48(40)57-39)45-54-36-19-8-10-21-38(36)56(45)47-42(50-25-27-52-47)30-14-5-2-6-15-30/h1-28H. The zero-order valence-corrected chi connectivity index (χ0v) is 32.2. The molecule has 0 atom stereocenters. The van der Waals surface area contributed by atoms with Gasteiger partial charge in [0, 0.05) is 72.6 Å². The number of nitrogens with zero attached hydrogens (tertiary/aromatic N) is 8. The summed E-state index contributed by atoms with van der Waals surface area (Å²) in [5.41, 5.74) is 9.37. The van der Waals surface area contributed by atoms with Gasteiger partial charge in [-0.05, 0) is 48.5 Å². The molecule has 0 amide bonds. The van der Waals surface area contributed by atoms with Gasteiger partial charge in [-0.3, -0.25) is 19.1 Å². The van der Waals surface area contributed by atoms with Crippen LogP contribution < -0.4 is 0 Å². The van der Waals surface area contributed by atoms with E-state index in [-0.39, 0.29) is 0 Å². The lowest BCUT2D eigenvalue weighted by molar-refractivity contribution is 1.01. The van der Waals surface area contributed by atoms with Crippen molar-refractivity contribution in [3.8, 4) is 56.9 Å². The van der Waals surface area contributed by atoms with E-state index in [1.165, 1.54) is 29.6 Å². The van der Waals surface area contributed by atoms with Gasteiger partial charge in [0.2, 0.25) is 0 Å². The molecule has 0 radical (unpaired) electrons. The molecule has 8 nitrogen and oxygen atoms in total. The monoisotopic (exact) mass is 780 g/mol. The SMILES string of the molecule is c1ccc(-c2nccnc2-n2c(-c3ccc4sc5sc6c(-c7nc8ccccc8n7-c7nccnc7-c7ccccc7)cccc6c5c4c3)nc3ccccc32)cc1. The summed E-state index contributed by atoms with van der Waals surface area (Å²) in [6, 6.07) is 50.2. The topological polar surface area (TPSA) is 87.2 Å². The minimum Gasteiger partial charge on any atom is -0.274 e. The van der Waals surface area contributed by atoms with Crippen molar-refractivity contribution in [1.82, 2.24) is 39.0 Å². The van der Waals surface area contributed by atoms with Crippen LogP contribution in [0.2, 0.25) is 0 Å². The molecule has 12 aromatic rings. The maximum atomic E-state index is 5.29. The van der Waals surface area contributed by atoms with E-state index in [1.807, 2.05) is 77.3 Å². The average Bonchev–Trinajstić information content (AvgIpc) is 4.06. The van der Waals surface area contributed by atoms with Crippen molar-refractivity contribution < 1.29 is 0 Å². The fourth-order valence-electron chi connectivity index (χ4n) is 8.10. The molecule has 0 unspecified atom stereocenters. The minimum atomic E-state index is 0.736. The summed E-state index contributed by atoms with van der Waals surface area (Å²) >= 11 is 3.64. The van der Waals surface area contributed by atoms with Crippen LogP contribution in [0.15, 0.2) is 170 Å². The number of rotatable bonds is 6. The van der Waals surface area contributed by atoms with Gasteiger partial charge < -0.3 is 0 Å². The molecule has 0 saturated carbocycles. The first-order valence-electron chi connectivity index (χ1n) is 18.9. The smallest absolute Gasteiger partial charge is 0.165 e. The van der Waals surface area contributed by atoms with Gasteiger partial charge in [-0.15, -0.1) is 22.7 Å². The fourth-order valence-corrected chi connectivity index (χ4v) is 10.8. The molecule has 0 fully saturated rings. The third-order valence-electron chi connectivity index (χ3n) is 10.6. The predicted molar refractivity (Wildman–Crippen MR) is 237 cm³/mol. The van der Waals surface area contributed by atoms with Crippen molar-refractivity contribution >= 4 is 74.3 Å². The molecule has 0 spiro atoms. The summed E-state index contributed by atoms with van der Waals surface area (Å²) in [7, 11) is 0. The van der Waals surface area contributed by atoms with Gasteiger partial charge in [-0.1, -0.05) is 97.1 Å². The van der Waals surface area contributed by atoms with Crippen LogP contribution >= 0.6 is 22.7 Å². The molecule has 6 heterocycles. The number of aromatic nitrogens is 8. The van der Waals surface area contributed by atoms with Crippen LogP contribution in [0.25, 0.3) is 109 Å². The highest BCUT2D eigenvalue weighted by molar-refractivity contribution is 7.44. The molecular weight excluding hydrogens is 753 g/mol. The van der Waals surface area contributed by atoms with E-state index in [2.05, 4.69) is 100 Å². The fraction of sp³-hybridized carbons (Fsp3) is 0. The number of thiophene rings is 2. The van der Waals surface area contributed by atoms with Crippen molar-refractivity contribution in [3.63, 3.8) is 0 Å². The van der Waals surface area contributed by atoms with Crippen LogP contribution in [0.4, 0.5) is 0 Å². The maximum absolute atomic E-state index is 5.29. The summed E-state index contributed by atoms with van der Waals surface area (Å²) < 4.78 is 7.99. The van der Waals surface area contributed by atoms with E-state index in [0.717, 1.165) is 79.0 Å². The van der Waals surface area contributed by atoms with Gasteiger partial charge in [0.05, 0.1) is 26.1 Å². The first kappa shape index (κ1) is 32.8. The van der Waals surface area contributed by atoms with E-state index < -0.39 is 0 Å². The third kappa shape index (κ3) is 5.05. The van der Waals surface area contributed by atoms with Gasteiger partial charge in [0.25, 0.3) is 0 Å². The second-order valence-electron chi connectivity index (χ2n) is 14.0. The van der Waals surface area contributed by atoms with Gasteiger partial charge in [-0.25, -0.2) is 19.9 Å². The largest absolute Gasteiger partial charge is 0.274 e. The Kier molecular flexibility index (Phi) is 7.40. The van der Waals surface area contributed by atoms with E-state index in [1.54, 1.807) is 24.8 Å². The van der Waals surface area contributed by atoms with Crippen molar-refractivity contribution in [2.45, 2.75) is 0 Å². The Morgan fingerprint density at radius 2 is 1.00 bits per heavy atom. The number of hydrogen-bond acceptors (Lipinski definition) is 8. The number of imidazole rings is 2. The van der Waals surface area contributed by atoms with Crippen LogP contribution in [0.5, 0.6) is 0 Å². The predicted octanol–water partition coefficient (Wildman–Crippen LogP) is 12.2. The molecular formula is C48H28N8S2. The lowest BCUT2D eigenvalue weighted by atomic mass is 10.1. The molecule has 12 rings (SSSR count). The van der Waals surface area contributed by atoms with Crippen molar-refractivity contribution in [2.75, 3.05) is 0 Å². The second kappa shape index (κ2) is 13.1. The van der Waals surface area contributed by atoms with Crippen LogP contribution in [0.3, 0.4) is 0 Å². The van der Waals surface area contributed by atoms with Crippen molar-refractivity contribution in [3.05, 3.63) is 170 Å². The molecule has 272 valence electrons. The summed E-state index contributed by atoms with van der Waals surface area (Å²) in [6.45, 7) is 0. The number of hydrogen-bond donors (Lipinski definition) is 0. The van der Waals surface area contributed by atoms with E-state index in [9.17, 15) is 0 Å².